The zero-order valence-electron chi connectivity index (χ0n) is 13.5. The molecule has 0 saturated carbocycles. The number of hydrogen-bond donors (Lipinski definition) is 2. The molecule has 7 nitrogen and oxygen atoms in total. The van der Waals surface area contributed by atoms with Gasteiger partial charge in [-0.3, -0.25) is 14.9 Å². The number of benzene rings is 1. The summed E-state index contributed by atoms with van der Waals surface area (Å²) in [5.74, 6) is 0. The zero-order chi connectivity index (χ0) is 18.3. The van der Waals surface area contributed by atoms with Gasteiger partial charge in [-0.1, -0.05) is 18.2 Å². The van der Waals surface area contributed by atoms with Gasteiger partial charge in [0.15, 0.2) is 5.43 Å². The highest BCUT2D eigenvalue weighted by Crippen LogP contribution is 2.29. The number of sulfonamides is 1. The molecule has 1 atom stereocenters. The van der Waals surface area contributed by atoms with Crippen molar-refractivity contribution in [1.29, 1.82) is 0 Å². The summed E-state index contributed by atoms with van der Waals surface area (Å²) in [5.41, 5.74) is 1.18. The third-order valence-corrected chi connectivity index (χ3v) is 5.48. The lowest BCUT2D eigenvalue weighted by molar-refractivity contribution is 0.591. The van der Waals surface area contributed by atoms with Crippen molar-refractivity contribution in [1.82, 2.24) is 15.2 Å². The fourth-order valence-electron chi connectivity index (χ4n) is 3.11. The Labute approximate surface area is 148 Å². The Balaban J connectivity index is 2.05. The average molecular weight is 366 g/mol. The maximum Gasteiger partial charge on any atom is 0.220 e. The lowest BCUT2D eigenvalue weighted by Crippen LogP contribution is -2.22. The largest absolute Gasteiger partial charge is 0.289 e. The van der Waals surface area contributed by atoms with Crippen molar-refractivity contribution in [3.63, 3.8) is 0 Å². The molecule has 0 radical (unpaired) electrons. The van der Waals surface area contributed by atoms with Crippen molar-refractivity contribution in [2.24, 2.45) is 5.14 Å². The maximum atomic E-state index is 13.0. The number of primary sulfonamides is 1. The molecular weight excluding hydrogens is 352 g/mol. The van der Waals surface area contributed by atoms with Crippen LogP contribution >= 0.6 is 0 Å². The first-order valence-electron chi connectivity index (χ1n) is 7.77. The smallest absolute Gasteiger partial charge is 0.220 e. The van der Waals surface area contributed by atoms with Gasteiger partial charge in [0.25, 0.3) is 0 Å². The van der Waals surface area contributed by atoms with E-state index in [0.717, 1.165) is 0 Å². The summed E-state index contributed by atoms with van der Waals surface area (Å²) in [6.45, 7) is 0. The number of nitrogens with one attached hydrogen (secondary N) is 1. The fourth-order valence-corrected chi connectivity index (χ4v) is 4.15. The highest BCUT2D eigenvalue weighted by atomic mass is 32.2. The molecule has 0 aliphatic heterocycles. The SMILES string of the molecule is NS(=O)(=O)C(c1cn[nH]c1)c1ccc2ccc3ncccc3c(=O)c2c1. The molecule has 26 heavy (non-hydrogen) atoms. The number of pyridine rings is 1. The van der Waals surface area contributed by atoms with Crippen molar-refractivity contribution in [3.05, 3.63) is 82.4 Å². The first kappa shape index (κ1) is 16.4. The van der Waals surface area contributed by atoms with Crippen LogP contribution in [-0.2, 0) is 10.0 Å². The third-order valence-electron chi connectivity index (χ3n) is 4.28. The van der Waals surface area contributed by atoms with E-state index < -0.39 is 15.3 Å². The number of H-pyrrole nitrogens is 1. The standard InChI is InChI=1S/C18H14N4O3S/c19-26(24,25)18(13-9-21-22-10-13)12-4-3-11-5-6-16-14(2-1-7-20-16)17(23)15(11)8-12/h1-10,18H,(H,21,22)(H2,19,24,25). The van der Waals surface area contributed by atoms with E-state index in [-0.39, 0.29) is 5.43 Å². The lowest BCUT2D eigenvalue weighted by atomic mass is 10.0. The minimum atomic E-state index is -3.96. The van der Waals surface area contributed by atoms with Crippen LogP contribution in [0.25, 0.3) is 21.7 Å². The maximum absolute atomic E-state index is 13.0. The topological polar surface area (TPSA) is 119 Å². The first-order chi connectivity index (χ1) is 12.4. The first-order valence-corrected chi connectivity index (χ1v) is 9.38. The Morgan fingerprint density at radius 2 is 1.85 bits per heavy atom. The van der Waals surface area contributed by atoms with Crippen LogP contribution in [0.4, 0.5) is 0 Å². The molecule has 130 valence electrons. The molecule has 4 aromatic rings. The van der Waals surface area contributed by atoms with Crippen molar-refractivity contribution in [2.75, 3.05) is 0 Å². The minimum Gasteiger partial charge on any atom is -0.289 e. The van der Waals surface area contributed by atoms with Crippen LogP contribution in [0, 0.1) is 0 Å². The van der Waals surface area contributed by atoms with E-state index in [9.17, 15) is 13.2 Å². The summed E-state index contributed by atoms with van der Waals surface area (Å²) in [6.07, 6.45) is 4.50. The lowest BCUT2D eigenvalue weighted by Gasteiger charge is -2.13. The van der Waals surface area contributed by atoms with Crippen molar-refractivity contribution in [2.45, 2.75) is 5.25 Å². The van der Waals surface area contributed by atoms with Gasteiger partial charge >= 0.3 is 0 Å². The third kappa shape index (κ3) is 2.75. The van der Waals surface area contributed by atoms with E-state index in [1.54, 1.807) is 48.7 Å². The minimum absolute atomic E-state index is 0.213. The quantitative estimate of drug-likeness (QED) is 0.573. The summed E-state index contributed by atoms with van der Waals surface area (Å²) in [7, 11) is -3.96. The molecule has 2 aromatic heterocycles. The Morgan fingerprint density at radius 3 is 2.58 bits per heavy atom. The molecule has 0 saturated heterocycles. The van der Waals surface area contributed by atoms with Crippen LogP contribution in [0.5, 0.6) is 0 Å². The van der Waals surface area contributed by atoms with Crippen molar-refractivity contribution < 1.29 is 8.42 Å². The van der Waals surface area contributed by atoms with Gasteiger partial charge in [-0.2, -0.15) is 5.10 Å². The number of hydrogen-bond acceptors (Lipinski definition) is 5. The molecule has 0 aliphatic carbocycles. The Hall–Kier alpha value is -3.10. The molecule has 0 spiro atoms. The molecular formula is C18H14N4O3S. The molecule has 8 heteroatoms. The average Bonchev–Trinajstić information content (AvgIpc) is 3.08. The zero-order valence-corrected chi connectivity index (χ0v) is 14.3. The summed E-state index contributed by atoms with van der Waals surface area (Å²) < 4.78 is 24.3. The van der Waals surface area contributed by atoms with Gasteiger partial charge in [0.05, 0.1) is 11.7 Å². The molecule has 3 N–H and O–H groups in total. The van der Waals surface area contributed by atoms with Crippen molar-refractivity contribution >= 4 is 31.7 Å². The number of aromatic amines is 1. The van der Waals surface area contributed by atoms with E-state index in [4.69, 9.17) is 5.14 Å². The number of nitrogens with zero attached hydrogens (tertiary/aromatic N) is 2. The monoisotopic (exact) mass is 366 g/mol. The van der Waals surface area contributed by atoms with Gasteiger partial charge in [0.2, 0.25) is 10.0 Å². The predicted molar refractivity (Wildman–Crippen MR) is 99.1 cm³/mol. The molecule has 2 aromatic carbocycles. The van der Waals surface area contributed by atoms with Gasteiger partial charge in [-0.25, -0.2) is 13.6 Å². The van der Waals surface area contributed by atoms with E-state index in [1.807, 2.05) is 0 Å². The van der Waals surface area contributed by atoms with Crippen LogP contribution in [-0.4, -0.2) is 23.6 Å². The van der Waals surface area contributed by atoms with Crippen LogP contribution in [0.3, 0.4) is 0 Å². The molecule has 0 aliphatic rings. The van der Waals surface area contributed by atoms with E-state index >= 15 is 0 Å². The van der Waals surface area contributed by atoms with Crippen LogP contribution < -0.4 is 10.6 Å². The van der Waals surface area contributed by atoms with Crippen LogP contribution in [0.15, 0.2) is 65.8 Å². The number of nitrogens with two attached hydrogens (primary N) is 1. The normalized spacial score (nSPS) is 13.1. The highest BCUT2D eigenvalue weighted by Gasteiger charge is 2.27. The van der Waals surface area contributed by atoms with Crippen LogP contribution in [0.1, 0.15) is 16.4 Å². The van der Waals surface area contributed by atoms with Gasteiger partial charge in [-0.15, -0.1) is 0 Å². The summed E-state index contributed by atoms with van der Waals surface area (Å²) in [6, 6.07) is 11.9. The summed E-state index contributed by atoms with van der Waals surface area (Å²) in [5, 5.41) is 12.3. The molecule has 4 rings (SSSR count). The Morgan fingerprint density at radius 1 is 1.04 bits per heavy atom. The number of rotatable bonds is 3. The second-order valence-corrected chi connectivity index (χ2v) is 7.60. The second kappa shape index (κ2) is 6.01. The predicted octanol–water partition coefficient (Wildman–Crippen LogP) is 1.85. The highest BCUT2D eigenvalue weighted by molar-refractivity contribution is 7.89. The number of fused-ring (bicyclic) bond motifs is 2. The van der Waals surface area contributed by atoms with Gasteiger partial charge < -0.3 is 0 Å². The molecule has 0 fully saturated rings. The molecule has 1 unspecified atom stereocenters. The van der Waals surface area contributed by atoms with E-state index in [1.165, 1.54) is 12.4 Å². The van der Waals surface area contributed by atoms with E-state index in [0.29, 0.717) is 32.8 Å². The van der Waals surface area contributed by atoms with Gasteiger partial charge in [-0.05, 0) is 35.2 Å². The Kier molecular flexibility index (Phi) is 3.78. The molecule has 2 heterocycles. The molecule has 0 amide bonds. The molecule has 0 bridgehead atoms. The van der Waals surface area contributed by atoms with Crippen LogP contribution in [0.2, 0.25) is 0 Å². The second-order valence-electron chi connectivity index (χ2n) is 5.95. The number of aromatic nitrogens is 3. The van der Waals surface area contributed by atoms with E-state index in [2.05, 4.69) is 15.2 Å². The Bertz CT molecular complexity index is 1290. The van der Waals surface area contributed by atoms with Gasteiger partial charge in [0, 0.05) is 28.7 Å². The van der Waals surface area contributed by atoms with Crippen molar-refractivity contribution in [3.8, 4) is 0 Å². The fraction of sp³-hybridized carbons (Fsp3) is 0.0556. The summed E-state index contributed by atoms with van der Waals surface area (Å²) >= 11 is 0. The summed E-state index contributed by atoms with van der Waals surface area (Å²) in [4.78, 5) is 17.2. The van der Waals surface area contributed by atoms with Gasteiger partial charge in [0.1, 0.15) is 5.25 Å².